The van der Waals surface area contributed by atoms with Crippen molar-refractivity contribution in [2.24, 2.45) is 0 Å². The third-order valence-electron chi connectivity index (χ3n) is 15.5. The first-order valence-corrected chi connectivity index (χ1v) is 34.8. The van der Waals surface area contributed by atoms with Gasteiger partial charge in [0.2, 0.25) is 0 Å². The van der Waals surface area contributed by atoms with E-state index in [1.807, 2.05) is 0 Å². The minimum absolute atomic E-state index is 0.0921. The SMILES string of the molecule is CC/C=C\C/C=C\C/C=C\C/C=C\C/C=C\CCCC(=O)OC(COC(=O)CCCCCCCCCCCCCCCCC)COC(=O)CCCCCCCCCCCCCCCCCCCCCCCCCCCCCCC. The largest absolute Gasteiger partial charge is 0.462 e. The monoisotopic (exact) mass is 1110 g/mol. The van der Waals surface area contributed by atoms with E-state index in [2.05, 4.69) is 81.5 Å². The normalized spacial score (nSPS) is 12.4. The Kier molecular flexibility index (Phi) is 65.1. The van der Waals surface area contributed by atoms with E-state index in [4.69, 9.17) is 14.2 Å². The third-order valence-corrected chi connectivity index (χ3v) is 15.5. The minimum atomic E-state index is -0.802. The molecular formula is C73H132O6. The molecule has 0 N–H and O–H groups in total. The first-order chi connectivity index (χ1) is 39.0. The maximum atomic E-state index is 12.9. The first-order valence-electron chi connectivity index (χ1n) is 34.8. The molecule has 0 aliphatic rings. The quantitative estimate of drug-likeness (QED) is 0.0261. The fraction of sp³-hybridized carbons (Fsp3) is 0.822. The molecule has 0 aromatic heterocycles. The highest BCUT2D eigenvalue weighted by molar-refractivity contribution is 5.71. The van der Waals surface area contributed by atoms with Crippen molar-refractivity contribution in [1.82, 2.24) is 0 Å². The van der Waals surface area contributed by atoms with Crippen LogP contribution in [-0.2, 0) is 28.6 Å². The number of unbranched alkanes of at least 4 members (excludes halogenated alkanes) is 43. The molecule has 0 spiro atoms. The molecule has 6 heteroatoms. The highest BCUT2D eigenvalue weighted by atomic mass is 16.6. The second kappa shape index (κ2) is 67.6. The molecule has 0 radical (unpaired) electrons. The lowest BCUT2D eigenvalue weighted by Gasteiger charge is -2.18. The number of rotatable bonds is 64. The van der Waals surface area contributed by atoms with Gasteiger partial charge in [0.25, 0.3) is 0 Å². The molecule has 6 nitrogen and oxygen atoms in total. The lowest BCUT2D eigenvalue weighted by atomic mass is 10.0. The van der Waals surface area contributed by atoms with Crippen LogP contribution in [0.3, 0.4) is 0 Å². The van der Waals surface area contributed by atoms with E-state index in [9.17, 15) is 14.4 Å². The minimum Gasteiger partial charge on any atom is -0.462 e. The van der Waals surface area contributed by atoms with Crippen molar-refractivity contribution in [3.05, 3.63) is 60.8 Å². The van der Waals surface area contributed by atoms with Crippen molar-refractivity contribution in [3.63, 3.8) is 0 Å². The van der Waals surface area contributed by atoms with Gasteiger partial charge in [-0.05, 0) is 57.8 Å². The Morgan fingerprint density at radius 3 is 0.759 bits per heavy atom. The van der Waals surface area contributed by atoms with Gasteiger partial charge >= 0.3 is 17.9 Å². The molecular weight excluding hydrogens is 973 g/mol. The molecule has 0 fully saturated rings. The number of hydrogen-bond donors (Lipinski definition) is 0. The first kappa shape index (κ1) is 76.1. The van der Waals surface area contributed by atoms with Crippen LogP contribution in [0.25, 0.3) is 0 Å². The highest BCUT2D eigenvalue weighted by Crippen LogP contribution is 2.18. The Hall–Kier alpha value is -2.89. The molecule has 0 saturated carbocycles. The summed E-state index contributed by atoms with van der Waals surface area (Å²) in [4.78, 5) is 38.3. The van der Waals surface area contributed by atoms with Crippen LogP contribution >= 0.6 is 0 Å². The molecule has 460 valence electrons. The predicted molar refractivity (Wildman–Crippen MR) is 344 cm³/mol. The standard InChI is InChI=1S/C73H132O6/c1-4-7-10-13-16-19-22-25-28-30-31-32-33-34-35-36-37-38-39-40-41-43-45-48-51-54-57-60-63-66-72(75)78-69-70(68-77-71(74)65-62-59-56-53-50-47-44-27-24-21-18-15-12-9-6-3)79-73(76)67-64-61-58-55-52-49-46-42-29-26-23-20-17-14-11-8-5-2/h8,11,17,20,26,29,46,49,55,58,70H,4-7,9-10,12-16,18-19,21-25,27-28,30-45,47-48,50-54,56-57,59-69H2,1-3H3/b11-8-,20-17-,29-26-,49-46-,58-55-. The van der Waals surface area contributed by atoms with Gasteiger partial charge < -0.3 is 14.2 Å². The van der Waals surface area contributed by atoms with E-state index >= 15 is 0 Å². The molecule has 0 heterocycles. The molecule has 0 aromatic rings. The average molecular weight is 1110 g/mol. The van der Waals surface area contributed by atoms with Crippen LogP contribution in [-0.4, -0.2) is 37.2 Å². The number of hydrogen-bond acceptors (Lipinski definition) is 6. The van der Waals surface area contributed by atoms with Gasteiger partial charge in [-0.3, -0.25) is 14.4 Å². The Morgan fingerprint density at radius 1 is 0.266 bits per heavy atom. The summed E-state index contributed by atoms with van der Waals surface area (Å²) in [6, 6.07) is 0. The van der Waals surface area contributed by atoms with Crippen LogP contribution in [0.15, 0.2) is 60.8 Å². The van der Waals surface area contributed by atoms with Gasteiger partial charge in [-0.2, -0.15) is 0 Å². The molecule has 79 heavy (non-hydrogen) atoms. The van der Waals surface area contributed by atoms with Crippen molar-refractivity contribution in [3.8, 4) is 0 Å². The van der Waals surface area contributed by atoms with Crippen LogP contribution in [0.2, 0.25) is 0 Å². The fourth-order valence-corrected chi connectivity index (χ4v) is 10.4. The smallest absolute Gasteiger partial charge is 0.306 e. The predicted octanol–water partition coefficient (Wildman–Crippen LogP) is 23.9. The van der Waals surface area contributed by atoms with Gasteiger partial charge in [0, 0.05) is 19.3 Å². The van der Waals surface area contributed by atoms with Crippen molar-refractivity contribution in [2.45, 2.75) is 374 Å². The summed E-state index contributed by atoms with van der Waals surface area (Å²) in [6.45, 7) is 6.54. The van der Waals surface area contributed by atoms with Crippen LogP contribution in [0.1, 0.15) is 367 Å². The average Bonchev–Trinajstić information content (AvgIpc) is 3.45. The van der Waals surface area contributed by atoms with Crippen LogP contribution in [0.4, 0.5) is 0 Å². The Bertz CT molecular complexity index is 1410. The number of allylic oxidation sites excluding steroid dienone is 10. The van der Waals surface area contributed by atoms with Crippen molar-refractivity contribution in [1.29, 1.82) is 0 Å². The molecule has 0 bridgehead atoms. The highest BCUT2D eigenvalue weighted by Gasteiger charge is 2.19. The van der Waals surface area contributed by atoms with Crippen molar-refractivity contribution in [2.75, 3.05) is 13.2 Å². The van der Waals surface area contributed by atoms with Crippen LogP contribution < -0.4 is 0 Å². The number of carbonyl (C=O) groups excluding carboxylic acids is 3. The van der Waals surface area contributed by atoms with Gasteiger partial charge in [-0.25, -0.2) is 0 Å². The summed E-state index contributed by atoms with van der Waals surface area (Å²) >= 11 is 0. The zero-order valence-corrected chi connectivity index (χ0v) is 52.9. The van der Waals surface area contributed by atoms with Gasteiger partial charge in [-0.1, -0.05) is 351 Å². The van der Waals surface area contributed by atoms with Crippen molar-refractivity contribution >= 4 is 17.9 Å². The lowest BCUT2D eigenvalue weighted by molar-refractivity contribution is -0.167. The van der Waals surface area contributed by atoms with Crippen LogP contribution in [0.5, 0.6) is 0 Å². The maximum absolute atomic E-state index is 12.9. The number of ether oxygens (including phenoxy) is 3. The second-order valence-corrected chi connectivity index (χ2v) is 23.4. The van der Waals surface area contributed by atoms with E-state index in [1.165, 1.54) is 244 Å². The Labute approximate surface area is 491 Å². The van der Waals surface area contributed by atoms with Gasteiger partial charge in [0.05, 0.1) is 0 Å². The topological polar surface area (TPSA) is 78.9 Å². The van der Waals surface area contributed by atoms with Gasteiger partial charge in [0.1, 0.15) is 13.2 Å². The number of esters is 3. The van der Waals surface area contributed by atoms with E-state index in [-0.39, 0.29) is 37.5 Å². The summed E-state index contributed by atoms with van der Waals surface area (Å²) < 4.78 is 16.9. The molecule has 1 unspecified atom stereocenters. The maximum Gasteiger partial charge on any atom is 0.306 e. The van der Waals surface area contributed by atoms with Crippen molar-refractivity contribution < 1.29 is 28.6 Å². The van der Waals surface area contributed by atoms with E-state index in [1.54, 1.807) is 0 Å². The lowest BCUT2D eigenvalue weighted by Crippen LogP contribution is -2.30. The molecule has 0 rings (SSSR count). The molecule has 0 aliphatic heterocycles. The zero-order valence-electron chi connectivity index (χ0n) is 52.9. The molecule has 0 saturated heterocycles. The summed E-state index contributed by atoms with van der Waals surface area (Å²) in [5.41, 5.74) is 0. The molecule has 0 amide bonds. The van der Waals surface area contributed by atoms with E-state index in [0.717, 1.165) is 77.0 Å². The molecule has 0 aromatic carbocycles. The fourth-order valence-electron chi connectivity index (χ4n) is 10.4. The Balaban J connectivity index is 4.24. The van der Waals surface area contributed by atoms with Crippen LogP contribution in [0, 0.1) is 0 Å². The van der Waals surface area contributed by atoms with E-state index < -0.39 is 6.10 Å². The van der Waals surface area contributed by atoms with Gasteiger partial charge in [-0.15, -0.1) is 0 Å². The zero-order chi connectivity index (χ0) is 57.1. The summed E-state index contributed by atoms with van der Waals surface area (Å²) in [5.74, 6) is -0.928. The van der Waals surface area contributed by atoms with E-state index in [0.29, 0.717) is 19.3 Å². The summed E-state index contributed by atoms with van der Waals surface area (Å²) in [5, 5.41) is 0. The second-order valence-electron chi connectivity index (χ2n) is 23.4. The molecule has 1 atom stereocenters. The van der Waals surface area contributed by atoms with Gasteiger partial charge in [0.15, 0.2) is 6.10 Å². The molecule has 0 aliphatic carbocycles. The summed E-state index contributed by atoms with van der Waals surface area (Å²) in [6.07, 6.45) is 87.0. The third kappa shape index (κ3) is 65.8. The Morgan fingerprint density at radius 2 is 0.494 bits per heavy atom. The number of carbonyl (C=O) groups is 3. The summed E-state index contributed by atoms with van der Waals surface area (Å²) in [7, 11) is 0.